The SMILES string of the molecule is ClCCc1c(Cl)cccc1Cl. The molecule has 0 N–H and O–H groups in total. The topological polar surface area (TPSA) is 0 Å². The Kier molecular flexibility index (Phi) is 3.50. The Morgan fingerprint density at radius 1 is 1.09 bits per heavy atom. The van der Waals surface area contributed by atoms with Crippen molar-refractivity contribution in [2.75, 3.05) is 5.88 Å². The highest BCUT2D eigenvalue weighted by molar-refractivity contribution is 6.36. The van der Waals surface area contributed by atoms with Gasteiger partial charge >= 0.3 is 0 Å². The lowest BCUT2D eigenvalue weighted by Gasteiger charge is -2.02. The molecule has 0 aliphatic rings. The van der Waals surface area contributed by atoms with Gasteiger partial charge in [0.2, 0.25) is 0 Å². The van der Waals surface area contributed by atoms with Gasteiger partial charge in [0.15, 0.2) is 0 Å². The van der Waals surface area contributed by atoms with Crippen molar-refractivity contribution in [3.05, 3.63) is 33.8 Å². The van der Waals surface area contributed by atoms with E-state index in [-0.39, 0.29) is 0 Å². The summed E-state index contributed by atoms with van der Waals surface area (Å²) in [5.41, 5.74) is 0.936. The minimum absolute atomic E-state index is 0.545. The van der Waals surface area contributed by atoms with Crippen molar-refractivity contribution < 1.29 is 0 Å². The molecule has 3 heteroatoms. The third kappa shape index (κ3) is 2.26. The van der Waals surface area contributed by atoms with Crippen LogP contribution in [-0.2, 0) is 6.42 Å². The van der Waals surface area contributed by atoms with E-state index >= 15 is 0 Å². The summed E-state index contributed by atoms with van der Waals surface area (Å²) in [7, 11) is 0. The van der Waals surface area contributed by atoms with Gasteiger partial charge in [-0.15, -0.1) is 11.6 Å². The lowest BCUT2D eigenvalue weighted by Crippen LogP contribution is -1.88. The molecule has 0 bridgehead atoms. The first kappa shape index (κ1) is 9.18. The molecule has 0 saturated carbocycles. The first-order valence-corrected chi connectivity index (χ1v) is 4.53. The van der Waals surface area contributed by atoms with Gasteiger partial charge in [-0.05, 0) is 24.1 Å². The van der Waals surface area contributed by atoms with Crippen molar-refractivity contribution in [2.24, 2.45) is 0 Å². The van der Waals surface area contributed by atoms with E-state index in [1.807, 2.05) is 18.2 Å². The van der Waals surface area contributed by atoms with E-state index in [0.29, 0.717) is 15.9 Å². The maximum absolute atomic E-state index is 5.87. The number of benzene rings is 1. The molecule has 0 aromatic heterocycles. The summed E-state index contributed by atoms with van der Waals surface area (Å²) in [6, 6.07) is 5.45. The highest BCUT2D eigenvalue weighted by Crippen LogP contribution is 2.24. The van der Waals surface area contributed by atoms with E-state index in [9.17, 15) is 0 Å². The summed E-state index contributed by atoms with van der Waals surface area (Å²) < 4.78 is 0. The monoisotopic (exact) mass is 208 g/mol. The molecule has 0 fully saturated rings. The van der Waals surface area contributed by atoms with E-state index < -0.39 is 0 Å². The van der Waals surface area contributed by atoms with Gasteiger partial charge in [-0.1, -0.05) is 29.3 Å². The fourth-order valence-corrected chi connectivity index (χ4v) is 1.64. The highest BCUT2D eigenvalue weighted by Gasteiger charge is 2.02. The fourth-order valence-electron chi connectivity index (χ4n) is 0.866. The quantitative estimate of drug-likeness (QED) is 0.651. The van der Waals surface area contributed by atoms with E-state index in [4.69, 9.17) is 34.8 Å². The Labute approximate surface area is 81.1 Å². The molecule has 0 aliphatic heterocycles. The Bertz CT molecular complexity index is 225. The van der Waals surface area contributed by atoms with Crippen LogP contribution in [0.1, 0.15) is 5.56 Å². The molecule has 11 heavy (non-hydrogen) atoms. The minimum Gasteiger partial charge on any atom is -0.126 e. The zero-order chi connectivity index (χ0) is 8.27. The molecular formula is C8H7Cl3. The number of hydrogen-bond donors (Lipinski definition) is 0. The Hall–Kier alpha value is 0.0900. The largest absolute Gasteiger partial charge is 0.126 e. The molecule has 0 nitrogen and oxygen atoms in total. The Morgan fingerprint density at radius 3 is 2.09 bits per heavy atom. The second-order valence-electron chi connectivity index (χ2n) is 2.14. The average molecular weight is 210 g/mol. The maximum atomic E-state index is 5.87. The molecule has 60 valence electrons. The zero-order valence-electron chi connectivity index (χ0n) is 5.78. The van der Waals surface area contributed by atoms with Gasteiger partial charge in [0.25, 0.3) is 0 Å². The predicted octanol–water partition coefficient (Wildman–Crippen LogP) is 3.77. The van der Waals surface area contributed by atoms with E-state index in [2.05, 4.69) is 0 Å². The summed E-state index contributed by atoms with van der Waals surface area (Å²) in [6.45, 7) is 0. The molecule has 0 atom stereocenters. The summed E-state index contributed by atoms with van der Waals surface area (Å²) in [6.07, 6.45) is 0.722. The standard InChI is InChI=1S/C8H7Cl3/c9-5-4-6-7(10)2-1-3-8(6)11/h1-3H,4-5H2. The molecule has 0 amide bonds. The van der Waals surface area contributed by atoms with Crippen LogP contribution in [-0.4, -0.2) is 5.88 Å². The first-order chi connectivity index (χ1) is 5.25. The van der Waals surface area contributed by atoms with Crippen molar-refractivity contribution in [3.8, 4) is 0 Å². The highest BCUT2D eigenvalue weighted by atomic mass is 35.5. The molecule has 0 aliphatic carbocycles. The number of hydrogen-bond acceptors (Lipinski definition) is 0. The van der Waals surface area contributed by atoms with Crippen LogP contribution in [0, 0.1) is 0 Å². The molecule has 1 aromatic carbocycles. The Balaban J connectivity index is 3.00. The van der Waals surface area contributed by atoms with Crippen LogP contribution in [0.4, 0.5) is 0 Å². The van der Waals surface area contributed by atoms with Crippen LogP contribution >= 0.6 is 34.8 Å². The van der Waals surface area contributed by atoms with Gasteiger partial charge in [0.05, 0.1) is 0 Å². The summed E-state index contributed by atoms with van der Waals surface area (Å²) in [5, 5.41) is 1.39. The van der Waals surface area contributed by atoms with Crippen LogP contribution in [0.15, 0.2) is 18.2 Å². The molecule has 0 spiro atoms. The average Bonchev–Trinajstić information content (AvgIpc) is 1.97. The number of alkyl halides is 1. The number of rotatable bonds is 2. The van der Waals surface area contributed by atoms with Crippen molar-refractivity contribution in [1.29, 1.82) is 0 Å². The molecule has 0 unspecified atom stereocenters. The van der Waals surface area contributed by atoms with E-state index in [1.54, 1.807) is 0 Å². The van der Waals surface area contributed by atoms with Gasteiger partial charge in [-0.2, -0.15) is 0 Å². The lowest BCUT2D eigenvalue weighted by molar-refractivity contribution is 1.15. The molecule has 1 aromatic rings. The van der Waals surface area contributed by atoms with Gasteiger partial charge in [0, 0.05) is 15.9 Å². The smallest absolute Gasteiger partial charge is 0.0453 e. The van der Waals surface area contributed by atoms with E-state index in [0.717, 1.165) is 12.0 Å². The third-order valence-corrected chi connectivity index (χ3v) is 2.30. The second-order valence-corrected chi connectivity index (χ2v) is 3.33. The third-order valence-electron chi connectivity index (χ3n) is 1.41. The van der Waals surface area contributed by atoms with Crippen molar-refractivity contribution in [3.63, 3.8) is 0 Å². The molecule has 0 saturated heterocycles. The summed E-state index contributed by atoms with van der Waals surface area (Å²) in [4.78, 5) is 0. The van der Waals surface area contributed by atoms with Crippen molar-refractivity contribution in [2.45, 2.75) is 6.42 Å². The van der Waals surface area contributed by atoms with Gasteiger partial charge < -0.3 is 0 Å². The van der Waals surface area contributed by atoms with Gasteiger partial charge in [-0.3, -0.25) is 0 Å². The van der Waals surface area contributed by atoms with Crippen LogP contribution in [0.2, 0.25) is 10.0 Å². The first-order valence-electron chi connectivity index (χ1n) is 3.24. The molecule has 0 radical (unpaired) electrons. The van der Waals surface area contributed by atoms with Crippen LogP contribution in [0.25, 0.3) is 0 Å². The van der Waals surface area contributed by atoms with Crippen molar-refractivity contribution >= 4 is 34.8 Å². The molecule has 0 heterocycles. The molecule has 1 rings (SSSR count). The second kappa shape index (κ2) is 4.20. The molecular weight excluding hydrogens is 202 g/mol. The van der Waals surface area contributed by atoms with E-state index in [1.165, 1.54) is 0 Å². The van der Waals surface area contributed by atoms with Crippen LogP contribution in [0.5, 0.6) is 0 Å². The summed E-state index contributed by atoms with van der Waals surface area (Å²) >= 11 is 17.3. The summed E-state index contributed by atoms with van der Waals surface area (Å²) in [5.74, 6) is 0.545. The van der Waals surface area contributed by atoms with Crippen molar-refractivity contribution in [1.82, 2.24) is 0 Å². The lowest BCUT2D eigenvalue weighted by atomic mass is 10.2. The number of halogens is 3. The minimum atomic E-state index is 0.545. The van der Waals surface area contributed by atoms with Gasteiger partial charge in [-0.25, -0.2) is 0 Å². The normalized spacial score (nSPS) is 10.1. The predicted molar refractivity (Wildman–Crippen MR) is 50.9 cm³/mol. The Morgan fingerprint density at radius 2 is 1.64 bits per heavy atom. The van der Waals surface area contributed by atoms with Crippen LogP contribution < -0.4 is 0 Å². The fraction of sp³-hybridized carbons (Fsp3) is 0.250. The van der Waals surface area contributed by atoms with Crippen LogP contribution in [0.3, 0.4) is 0 Å². The maximum Gasteiger partial charge on any atom is 0.0453 e. The van der Waals surface area contributed by atoms with Gasteiger partial charge in [0.1, 0.15) is 0 Å². The zero-order valence-corrected chi connectivity index (χ0v) is 8.05.